The van der Waals surface area contributed by atoms with Gasteiger partial charge in [-0.2, -0.15) is 0 Å². The first kappa shape index (κ1) is 14.2. The summed E-state index contributed by atoms with van der Waals surface area (Å²) in [7, 11) is 0. The van der Waals surface area contributed by atoms with Gasteiger partial charge in [0.05, 0.1) is 12.2 Å². The molecular formula is C16H14N4OS. The Morgan fingerprint density at radius 1 is 1.09 bits per heavy atom. The Labute approximate surface area is 132 Å². The van der Waals surface area contributed by atoms with Gasteiger partial charge in [-0.05, 0) is 24.3 Å². The molecule has 0 aliphatic carbocycles. The van der Waals surface area contributed by atoms with E-state index in [0.29, 0.717) is 6.54 Å². The Hall–Kier alpha value is -2.73. The lowest BCUT2D eigenvalue weighted by Crippen LogP contribution is -2.28. The second-order valence-electron chi connectivity index (χ2n) is 4.55. The third-order valence-electron chi connectivity index (χ3n) is 2.94. The molecule has 0 spiro atoms. The average Bonchev–Trinajstić information content (AvgIpc) is 3.04. The predicted molar refractivity (Wildman–Crippen MR) is 87.6 cm³/mol. The van der Waals surface area contributed by atoms with Crippen LogP contribution < -0.4 is 10.6 Å². The van der Waals surface area contributed by atoms with Crippen molar-refractivity contribution in [2.75, 3.05) is 5.32 Å². The second kappa shape index (κ2) is 6.82. The van der Waals surface area contributed by atoms with Crippen molar-refractivity contribution in [3.05, 3.63) is 65.9 Å². The number of urea groups is 1. The second-order valence-corrected chi connectivity index (χ2v) is 5.41. The number of pyridine rings is 1. The number of nitrogens with one attached hydrogen (secondary N) is 2. The number of aromatic nitrogens is 2. The van der Waals surface area contributed by atoms with E-state index in [0.717, 1.165) is 22.0 Å². The molecule has 110 valence electrons. The minimum absolute atomic E-state index is 0.246. The lowest BCUT2D eigenvalue weighted by molar-refractivity contribution is 0.251. The molecule has 2 aromatic heterocycles. The van der Waals surface area contributed by atoms with Crippen LogP contribution in [0.3, 0.4) is 0 Å². The molecule has 5 nitrogen and oxygen atoms in total. The third-order valence-corrected chi connectivity index (χ3v) is 3.88. The number of carbonyl (C=O) groups excluding carboxylic acids is 1. The molecule has 0 saturated carbocycles. The van der Waals surface area contributed by atoms with Gasteiger partial charge in [0.25, 0.3) is 0 Å². The van der Waals surface area contributed by atoms with Crippen LogP contribution in [0.5, 0.6) is 0 Å². The number of para-hydroxylation sites is 1. The zero-order valence-electron chi connectivity index (χ0n) is 11.7. The lowest BCUT2D eigenvalue weighted by atomic mass is 10.3. The van der Waals surface area contributed by atoms with Crippen LogP contribution >= 0.6 is 11.3 Å². The molecule has 0 aliphatic rings. The minimum atomic E-state index is -0.246. The number of rotatable bonds is 4. The summed E-state index contributed by atoms with van der Waals surface area (Å²) in [6, 6.07) is 12.9. The molecule has 2 N–H and O–H groups in total. The maximum Gasteiger partial charge on any atom is 0.319 e. The molecule has 3 aromatic rings. The zero-order valence-corrected chi connectivity index (χ0v) is 12.5. The van der Waals surface area contributed by atoms with E-state index in [2.05, 4.69) is 20.6 Å². The van der Waals surface area contributed by atoms with E-state index in [1.807, 2.05) is 47.8 Å². The van der Waals surface area contributed by atoms with Gasteiger partial charge >= 0.3 is 6.03 Å². The van der Waals surface area contributed by atoms with Crippen molar-refractivity contribution in [3.63, 3.8) is 0 Å². The molecule has 0 atom stereocenters. The average molecular weight is 310 g/mol. The van der Waals surface area contributed by atoms with Gasteiger partial charge in [-0.3, -0.25) is 4.98 Å². The molecule has 3 rings (SSSR count). The normalized spacial score (nSPS) is 10.2. The minimum Gasteiger partial charge on any atom is -0.332 e. The van der Waals surface area contributed by atoms with Gasteiger partial charge in [0.15, 0.2) is 0 Å². The Morgan fingerprint density at radius 3 is 2.64 bits per heavy atom. The van der Waals surface area contributed by atoms with Crippen LogP contribution in [0, 0.1) is 0 Å². The molecule has 2 heterocycles. The molecule has 0 saturated heterocycles. The number of carbonyl (C=O) groups is 1. The van der Waals surface area contributed by atoms with Crippen molar-refractivity contribution in [3.8, 4) is 10.6 Å². The molecule has 0 radical (unpaired) electrons. The van der Waals surface area contributed by atoms with Gasteiger partial charge in [0, 0.05) is 29.0 Å². The molecule has 0 bridgehead atoms. The number of benzene rings is 1. The van der Waals surface area contributed by atoms with Crippen molar-refractivity contribution in [1.82, 2.24) is 15.3 Å². The Morgan fingerprint density at radius 2 is 1.86 bits per heavy atom. The number of hydrogen-bond acceptors (Lipinski definition) is 4. The van der Waals surface area contributed by atoms with Crippen LogP contribution in [0.1, 0.15) is 5.69 Å². The summed E-state index contributed by atoms with van der Waals surface area (Å²) in [4.78, 5) is 20.3. The molecule has 0 aliphatic heterocycles. The van der Waals surface area contributed by atoms with Crippen LogP contribution in [0.15, 0.2) is 60.2 Å². The van der Waals surface area contributed by atoms with Crippen LogP contribution in [-0.2, 0) is 6.54 Å². The molecular weight excluding hydrogens is 296 g/mol. The molecule has 1 aromatic carbocycles. The van der Waals surface area contributed by atoms with Gasteiger partial charge in [-0.1, -0.05) is 18.2 Å². The zero-order chi connectivity index (χ0) is 15.2. The standard InChI is InChI=1S/C16H14N4OS/c21-16(20-13-4-2-1-3-5-13)18-10-14-11-22-15(19-14)12-6-8-17-9-7-12/h1-9,11H,10H2,(H2,18,20,21). The fourth-order valence-corrected chi connectivity index (χ4v) is 2.71. The van der Waals surface area contributed by atoms with Crippen molar-refractivity contribution in [1.29, 1.82) is 0 Å². The van der Waals surface area contributed by atoms with E-state index in [1.165, 1.54) is 0 Å². The summed E-state index contributed by atoms with van der Waals surface area (Å²) in [5.41, 5.74) is 2.62. The highest BCUT2D eigenvalue weighted by Crippen LogP contribution is 2.22. The van der Waals surface area contributed by atoms with Crippen LogP contribution in [0.25, 0.3) is 10.6 Å². The SMILES string of the molecule is O=C(NCc1csc(-c2ccncc2)n1)Nc1ccccc1. The van der Waals surface area contributed by atoms with Gasteiger partial charge in [0.1, 0.15) is 5.01 Å². The van der Waals surface area contributed by atoms with Crippen molar-refractivity contribution in [2.45, 2.75) is 6.54 Å². The number of hydrogen-bond donors (Lipinski definition) is 2. The number of amides is 2. The first-order chi connectivity index (χ1) is 10.8. The fourth-order valence-electron chi connectivity index (χ4n) is 1.88. The molecule has 22 heavy (non-hydrogen) atoms. The summed E-state index contributed by atoms with van der Waals surface area (Å²) < 4.78 is 0. The molecule has 6 heteroatoms. The first-order valence-corrected chi connectivity index (χ1v) is 7.64. The summed E-state index contributed by atoms with van der Waals surface area (Å²) >= 11 is 1.55. The van der Waals surface area contributed by atoms with E-state index in [-0.39, 0.29) is 6.03 Å². The topological polar surface area (TPSA) is 66.9 Å². The highest BCUT2D eigenvalue weighted by molar-refractivity contribution is 7.13. The van der Waals surface area contributed by atoms with Gasteiger partial charge < -0.3 is 10.6 Å². The third kappa shape index (κ3) is 3.67. The monoisotopic (exact) mass is 310 g/mol. The Kier molecular flexibility index (Phi) is 4.41. The Balaban J connectivity index is 1.56. The highest BCUT2D eigenvalue weighted by Gasteiger charge is 2.06. The van der Waals surface area contributed by atoms with Crippen LogP contribution in [0.2, 0.25) is 0 Å². The van der Waals surface area contributed by atoms with Crippen molar-refractivity contribution < 1.29 is 4.79 Å². The highest BCUT2D eigenvalue weighted by atomic mass is 32.1. The maximum absolute atomic E-state index is 11.8. The van der Waals surface area contributed by atoms with E-state index >= 15 is 0 Å². The predicted octanol–water partition coefficient (Wildman–Crippen LogP) is 3.53. The molecule has 0 fully saturated rings. The smallest absolute Gasteiger partial charge is 0.319 e. The van der Waals surface area contributed by atoms with Gasteiger partial charge in [0.2, 0.25) is 0 Å². The van der Waals surface area contributed by atoms with Crippen LogP contribution in [-0.4, -0.2) is 16.0 Å². The largest absolute Gasteiger partial charge is 0.332 e. The fraction of sp³-hybridized carbons (Fsp3) is 0.0625. The van der Waals surface area contributed by atoms with Gasteiger partial charge in [-0.25, -0.2) is 9.78 Å². The lowest BCUT2D eigenvalue weighted by Gasteiger charge is -2.05. The number of anilines is 1. The first-order valence-electron chi connectivity index (χ1n) is 6.76. The van der Waals surface area contributed by atoms with Gasteiger partial charge in [-0.15, -0.1) is 11.3 Å². The maximum atomic E-state index is 11.8. The van der Waals surface area contributed by atoms with Crippen molar-refractivity contribution in [2.24, 2.45) is 0 Å². The van der Waals surface area contributed by atoms with E-state index in [4.69, 9.17) is 0 Å². The Bertz CT molecular complexity index is 743. The number of nitrogens with zero attached hydrogens (tertiary/aromatic N) is 2. The summed E-state index contributed by atoms with van der Waals surface area (Å²) in [6.07, 6.45) is 3.48. The quantitative estimate of drug-likeness (QED) is 0.774. The van der Waals surface area contributed by atoms with E-state index in [9.17, 15) is 4.79 Å². The van der Waals surface area contributed by atoms with E-state index in [1.54, 1.807) is 23.7 Å². The molecule has 0 unspecified atom stereocenters. The summed E-state index contributed by atoms with van der Waals surface area (Å²) in [5, 5.41) is 8.42. The van der Waals surface area contributed by atoms with Crippen LogP contribution in [0.4, 0.5) is 10.5 Å². The summed E-state index contributed by atoms with van der Waals surface area (Å²) in [5.74, 6) is 0. The van der Waals surface area contributed by atoms with Crippen molar-refractivity contribution >= 4 is 23.1 Å². The van der Waals surface area contributed by atoms with E-state index < -0.39 is 0 Å². The molecule has 2 amide bonds. The number of thiazole rings is 1. The summed E-state index contributed by atoms with van der Waals surface area (Å²) in [6.45, 7) is 0.389.